The predicted octanol–water partition coefficient (Wildman–Crippen LogP) is 4.25. The van der Waals surface area contributed by atoms with Crippen molar-refractivity contribution in [3.63, 3.8) is 0 Å². The predicted molar refractivity (Wildman–Crippen MR) is 91.9 cm³/mol. The Morgan fingerprint density at radius 1 is 1.19 bits per heavy atom. The first-order valence-corrected chi connectivity index (χ1v) is 9.60. The summed E-state index contributed by atoms with van der Waals surface area (Å²) in [5.74, 6) is 3.22. The van der Waals surface area contributed by atoms with Crippen LogP contribution in [0.2, 0.25) is 0 Å². The lowest BCUT2D eigenvalue weighted by atomic mass is 9.94. The number of hydrogen-bond donors (Lipinski definition) is 1. The number of aromatic nitrogens is 1. The van der Waals surface area contributed by atoms with Crippen LogP contribution in [0.3, 0.4) is 0 Å². The van der Waals surface area contributed by atoms with Crippen LogP contribution in [0.15, 0.2) is 35.7 Å². The molecule has 1 aliphatic rings. The lowest BCUT2D eigenvalue weighted by molar-refractivity contribution is 0.139. The maximum absolute atomic E-state index is 10.3. The van der Waals surface area contributed by atoms with Crippen molar-refractivity contribution in [1.29, 1.82) is 0 Å². The standard InChI is InChI=1S/C17H21NOS2/c19-15(10-13-6-8-20-9-7-13)11-17-18-16(12-21-17)14-4-2-1-3-5-14/h1-5,12-13,15,19H,6-11H2. The fraction of sp³-hybridized carbons (Fsp3) is 0.471. The van der Waals surface area contributed by atoms with Gasteiger partial charge in [-0.3, -0.25) is 0 Å². The Morgan fingerprint density at radius 2 is 1.95 bits per heavy atom. The van der Waals surface area contributed by atoms with Crippen molar-refractivity contribution < 1.29 is 5.11 Å². The van der Waals surface area contributed by atoms with Gasteiger partial charge in [0, 0.05) is 17.4 Å². The molecule has 0 bridgehead atoms. The van der Waals surface area contributed by atoms with Crippen molar-refractivity contribution in [2.45, 2.75) is 31.8 Å². The summed E-state index contributed by atoms with van der Waals surface area (Å²) in [6.07, 6.45) is 3.90. The van der Waals surface area contributed by atoms with Crippen molar-refractivity contribution >= 4 is 23.1 Å². The number of nitrogens with zero attached hydrogens (tertiary/aromatic N) is 1. The van der Waals surface area contributed by atoms with Gasteiger partial charge in [-0.1, -0.05) is 30.3 Å². The molecule has 21 heavy (non-hydrogen) atoms. The molecule has 4 heteroatoms. The molecule has 1 atom stereocenters. The Balaban J connectivity index is 1.56. The van der Waals surface area contributed by atoms with Crippen LogP contribution in [0.5, 0.6) is 0 Å². The minimum absolute atomic E-state index is 0.243. The van der Waals surface area contributed by atoms with Crippen molar-refractivity contribution in [2.24, 2.45) is 5.92 Å². The van der Waals surface area contributed by atoms with Crippen LogP contribution in [0.1, 0.15) is 24.3 Å². The highest BCUT2D eigenvalue weighted by atomic mass is 32.2. The third-order valence-electron chi connectivity index (χ3n) is 3.98. The van der Waals surface area contributed by atoms with Gasteiger partial charge in [0.2, 0.25) is 0 Å². The van der Waals surface area contributed by atoms with E-state index >= 15 is 0 Å². The zero-order valence-corrected chi connectivity index (χ0v) is 13.7. The van der Waals surface area contributed by atoms with Crippen LogP contribution in [0.25, 0.3) is 11.3 Å². The van der Waals surface area contributed by atoms with Gasteiger partial charge in [0.1, 0.15) is 0 Å². The average Bonchev–Trinajstić information content (AvgIpc) is 2.97. The van der Waals surface area contributed by atoms with E-state index in [2.05, 4.69) is 22.5 Å². The molecule has 1 aromatic heterocycles. The molecule has 0 spiro atoms. The largest absolute Gasteiger partial charge is 0.393 e. The van der Waals surface area contributed by atoms with Gasteiger partial charge in [0.05, 0.1) is 16.8 Å². The van der Waals surface area contributed by atoms with Crippen molar-refractivity contribution in [3.05, 3.63) is 40.7 Å². The van der Waals surface area contributed by atoms with Gasteiger partial charge in [0.15, 0.2) is 0 Å². The van der Waals surface area contributed by atoms with Crippen LogP contribution < -0.4 is 0 Å². The normalized spacial score (nSPS) is 17.8. The number of benzene rings is 1. The number of aliphatic hydroxyl groups excluding tert-OH is 1. The highest BCUT2D eigenvalue weighted by Crippen LogP contribution is 2.28. The SMILES string of the molecule is OC(Cc1nc(-c2ccccc2)cs1)CC1CCSCC1. The second kappa shape index (κ2) is 7.43. The molecule has 0 aliphatic carbocycles. The Hall–Kier alpha value is -0.840. The van der Waals surface area contributed by atoms with Gasteiger partial charge in [-0.15, -0.1) is 11.3 Å². The van der Waals surface area contributed by atoms with E-state index in [0.717, 1.165) is 22.7 Å². The molecule has 2 nitrogen and oxygen atoms in total. The smallest absolute Gasteiger partial charge is 0.0958 e. The van der Waals surface area contributed by atoms with Crippen LogP contribution in [-0.2, 0) is 6.42 Å². The van der Waals surface area contributed by atoms with Crippen molar-refractivity contribution in [2.75, 3.05) is 11.5 Å². The molecule has 2 heterocycles. The first-order valence-electron chi connectivity index (χ1n) is 7.57. The van der Waals surface area contributed by atoms with Crippen LogP contribution in [0.4, 0.5) is 0 Å². The van der Waals surface area contributed by atoms with Gasteiger partial charge in [-0.05, 0) is 36.7 Å². The molecule has 1 N–H and O–H groups in total. The van der Waals surface area contributed by atoms with E-state index in [1.54, 1.807) is 11.3 Å². The topological polar surface area (TPSA) is 33.1 Å². The zero-order valence-electron chi connectivity index (χ0n) is 12.1. The van der Waals surface area contributed by atoms with Gasteiger partial charge in [-0.2, -0.15) is 11.8 Å². The van der Waals surface area contributed by atoms with E-state index in [-0.39, 0.29) is 6.10 Å². The monoisotopic (exact) mass is 319 g/mol. The summed E-state index contributed by atoms with van der Waals surface area (Å²) < 4.78 is 0. The summed E-state index contributed by atoms with van der Waals surface area (Å²) in [4.78, 5) is 4.67. The molecule has 2 aromatic rings. The molecule has 1 aromatic carbocycles. The van der Waals surface area contributed by atoms with E-state index < -0.39 is 0 Å². The lowest BCUT2D eigenvalue weighted by Gasteiger charge is -2.23. The molecule has 3 rings (SSSR count). The summed E-state index contributed by atoms with van der Waals surface area (Å²) in [5, 5.41) is 13.4. The fourth-order valence-corrected chi connectivity index (χ4v) is 4.88. The quantitative estimate of drug-likeness (QED) is 0.894. The molecule has 0 saturated carbocycles. The van der Waals surface area contributed by atoms with E-state index in [4.69, 9.17) is 0 Å². The van der Waals surface area contributed by atoms with Crippen LogP contribution in [-0.4, -0.2) is 27.7 Å². The Kier molecular flexibility index (Phi) is 5.33. The Labute approximate surface area is 134 Å². The molecule has 112 valence electrons. The van der Waals surface area contributed by atoms with Crippen LogP contribution >= 0.6 is 23.1 Å². The number of aliphatic hydroxyl groups is 1. The average molecular weight is 319 g/mol. The minimum atomic E-state index is -0.243. The zero-order chi connectivity index (χ0) is 14.5. The Bertz CT molecular complexity index is 549. The lowest BCUT2D eigenvalue weighted by Crippen LogP contribution is -2.19. The first kappa shape index (κ1) is 15.1. The molecule has 1 saturated heterocycles. The molecular weight excluding hydrogens is 298 g/mol. The second-order valence-corrected chi connectivity index (χ2v) is 7.81. The molecule has 0 radical (unpaired) electrons. The highest BCUT2D eigenvalue weighted by Gasteiger charge is 2.19. The third-order valence-corrected chi connectivity index (χ3v) is 5.90. The van der Waals surface area contributed by atoms with E-state index in [1.807, 2.05) is 30.0 Å². The molecular formula is C17H21NOS2. The van der Waals surface area contributed by atoms with E-state index in [1.165, 1.54) is 24.3 Å². The van der Waals surface area contributed by atoms with Crippen molar-refractivity contribution in [1.82, 2.24) is 4.98 Å². The van der Waals surface area contributed by atoms with Gasteiger partial charge >= 0.3 is 0 Å². The Morgan fingerprint density at radius 3 is 2.71 bits per heavy atom. The number of hydrogen-bond acceptors (Lipinski definition) is 4. The second-order valence-electron chi connectivity index (χ2n) is 5.64. The molecule has 1 fully saturated rings. The molecule has 1 unspecified atom stereocenters. The maximum atomic E-state index is 10.3. The number of thioether (sulfide) groups is 1. The van der Waals surface area contributed by atoms with Gasteiger partial charge in [-0.25, -0.2) is 4.98 Å². The minimum Gasteiger partial charge on any atom is -0.393 e. The summed E-state index contributed by atoms with van der Waals surface area (Å²) >= 11 is 3.70. The highest BCUT2D eigenvalue weighted by molar-refractivity contribution is 7.99. The van der Waals surface area contributed by atoms with Crippen LogP contribution in [0, 0.1) is 5.92 Å². The van der Waals surface area contributed by atoms with E-state index in [0.29, 0.717) is 12.3 Å². The number of rotatable bonds is 5. The summed E-state index contributed by atoms with van der Waals surface area (Å²) in [7, 11) is 0. The maximum Gasteiger partial charge on any atom is 0.0958 e. The molecule has 0 amide bonds. The third kappa shape index (κ3) is 4.31. The van der Waals surface area contributed by atoms with Crippen molar-refractivity contribution in [3.8, 4) is 11.3 Å². The fourth-order valence-electron chi connectivity index (χ4n) is 2.80. The van der Waals surface area contributed by atoms with Gasteiger partial charge in [0.25, 0.3) is 0 Å². The van der Waals surface area contributed by atoms with Gasteiger partial charge < -0.3 is 5.11 Å². The summed E-state index contributed by atoms with van der Waals surface area (Å²) in [6.45, 7) is 0. The van der Waals surface area contributed by atoms with E-state index in [9.17, 15) is 5.11 Å². The number of thiazole rings is 1. The summed E-state index contributed by atoms with van der Waals surface area (Å²) in [5.41, 5.74) is 2.18. The first-order chi connectivity index (χ1) is 10.3. The summed E-state index contributed by atoms with van der Waals surface area (Å²) in [6, 6.07) is 10.2. The molecule has 1 aliphatic heterocycles.